The highest BCUT2D eigenvalue weighted by Crippen LogP contribution is 2.33. The number of amides is 4. The largest absolute Gasteiger partial charge is 0.454 e. The Morgan fingerprint density at radius 3 is 2.40 bits per heavy atom. The predicted octanol–water partition coefficient (Wildman–Crippen LogP) is 2.65. The summed E-state index contributed by atoms with van der Waals surface area (Å²) in [7, 11) is 0. The molecule has 0 aromatic heterocycles. The number of imide groups is 1. The molecule has 4 amide bonds. The highest BCUT2D eigenvalue weighted by Gasteiger charge is 2.45. The fourth-order valence-electron chi connectivity index (χ4n) is 2.74. The van der Waals surface area contributed by atoms with E-state index in [0.29, 0.717) is 5.69 Å². The predicted molar refractivity (Wildman–Crippen MR) is 111 cm³/mol. The van der Waals surface area contributed by atoms with E-state index in [-0.39, 0.29) is 0 Å². The normalized spacial score (nSPS) is 14.9. The van der Waals surface area contributed by atoms with Crippen LogP contribution in [0.15, 0.2) is 64.4 Å². The van der Waals surface area contributed by atoms with E-state index in [4.69, 9.17) is 4.74 Å². The molecule has 2 N–H and O–H groups in total. The summed E-state index contributed by atoms with van der Waals surface area (Å²) >= 11 is 1.49. The van der Waals surface area contributed by atoms with E-state index < -0.39 is 42.5 Å². The van der Waals surface area contributed by atoms with Crippen LogP contribution in [0, 0.1) is 0 Å². The van der Waals surface area contributed by atoms with Gasteiger partial charge in [0, 0.05) is 9.79 Å². The van der Waals surface area contributed by atoms with Gasteiger partial charge in [0.1, 0.15) is 12.1 Å². The van der Waals surface area contributed by atoms with Gasteiger partial charge >= 0.3 is 12.0 Å². The Hall–Kier alpha value is -3.33. The molecule has 9 heteroatoms. The number of nitrogens with zero attached hydrogens (tertiary/aromatic N) is 1. The van der Waals surface area contributed by atoms with Crippen LogP contribution in [-0.2, 0) is 19.1 Å². The molecular formula is C21H21N3O5S. The number of anilines is 1. The highest BCUT2D eigenvalue weighted by atomic mass is 32.2. The van der Waals surface area contributed by atoms with Crippen LogP contribution >= 0.6 is 11.8 Å². The minimum atomic E-state index is -1.07. The van der Waals surface area contributed by atoms with Crippen molar-refractivity contribution in [3.8, 4) is 0 Å². The van der Waals surface area contributed by atoms with Crippen molar-refractivity contribution >= 4 is 41.3 Å². The molecule has 8 nitrogen and oxygen atoms in total. The van der Waals surface area contributed by atoms with Crippen LogP contribution < -0.4 is 10.6 Å². The van der Waals surface area contributed by atoms with Gasteiger partial charge in [0.25, 0.3) is 11.8 Å². The van der Waals surface area contributed by atoms with Gasteiger partial charge in [-0.3, -0.25) is 19.3 Å². The number of para-hydroxylation sites is 1. The van der Waals surface area contributed by atoms with Crippen LogP contribution in [0.3, 0.4) is 0 Å². The van der Waals surface area contributed by atoms with E-state index in [1.165, 1.54) is 25.6 Å². The summed E-state index contributed by atoms with van der Waals surface area (Å²) in [4.78, 5) is 50.7. The van der Waals surface area contributed by atoms with E-state index in [1.54, 1.807) is 12.1 Å². The molecule has 1 fully saturated rings. The van der Waals surface area contributed by atoms with Gasteiger partial charge < -0.3 is 15.4 Å². The van der Waals surface area contributed by atoms with Crippen molar-refractivity contribution in [1.82, 2.24) is 10.2 Å². The lowest BCUT2D eigenvalue weighted by molar-refractivity contribution is -0.150. The SMILES string of the molecule is CC1(C)NC(=O)N(CC(=O)OCC(=O)Nc2ccccc2Sc2ccccc2)C1=O. The Morgan fingerprint density at radius 1 is 1.07 bits per heavy atom. The van der Waals surface area contributed by atoms with Crippen molar-refractivity contribution in [2.24, 2.45) is 0 Å². The van der Waals surface area contributed by atoms with Gasteiger partial charge in [-0.2, -0.15) is 0 Å². The molecule has 2 aromatic carbocycles. The van der Waals surface area contributed by atoms with Crippen molar-refractivity contribution in [1.29, 1.82) is 0 Å². The molecule has 0 radical (unpaired) electrons. The zero-order valence-corrected chi connectivity index (χ0v) is 17.3. The Kier molecular flexibility index (Phi) is 6.41. The number of rotatable bonds is 7. The molecule has 1 heterocycles. The quantitative estimate of drug-likeness (QED) is 0.520. The third-order valence-corrected chi connectivity index (χ3v) is 5.31. The number of carbonyl (C=O) groups excluding carboxylic acids is 4. The Bertz CT molecular complexity index is 978. The molecule has 0 unspecified atom stereocenters. The van der Waals surface area contributed by atoms with Gasteiger partial charge in [0.2, 0.25) is 0 Å². The first-order chi connectivity index (χ1) is 14.3. The smallest absolute Gasteiger partial charge is 0.326 e. The molecule has 1 aliphatic heterocycles. The third-order valence-electron chi connectivity index (χ3n) is 4.23. The maximum absolute atomic E-state index is 12.2. The third kappa shape index (κ3) is 5.18. The molecule has 3 rings (SSSR count). The van der Waals surface area contributed by atoms with Crippen LogP contribution in [0.4, 0.5) is 10.5 Å². The minimum Gasteiger partial charge on any atom is -0.454 e. The molecule has 1 aliphatic rings. The summed E-state index contributed by atoms with van der Waals surface area (Å²) in [6.45, 7) is 1.99. The molecule has 2 aromatic rings. The van der Waals surface area contributed by atoms with Gasteiger partial charge in [-0.05, 0) is 38.1 Å². The average Bonchev–Trinajstić information content (AvgIpc) is 2.90. The fourth-order valence-corrected chi connectivity index (χ4v) is 3.67. The molecule has 30 heavy (non-hydrogen) atoms. The highest BCUT2D eigenvalue weighted by molar-refractivity contribution is 7.99. The van der Waals surface area contributed by atoms with E-state index >= 15 is 0 Å². The molecule has 0 bridgehead atoms. The molecule has 0 saturated carbocycles. The molecular weight excluding hydrogens is 406 g/mol. The van der Waals surface area contributed by atoms with Crippen LogP contribution in [0.25, 0.3) is 0 Å². The van der Waals surface area contributed by atoms with E-state index in [0.717, 1.165) is 14.7 Å². The molecule has 156 valence electrons. The number of carbonyl (C=O) groups is 4. The Balaban J connectivity index is 1.53. The first-order valence-corrected chi connectivity index (χ1v) is 9.99. The summed E-state index contributed by atoms with van der Waals surface area (Å²) < 4.78 is 4.93. The van der Waals surface area contributed by atoms with Gasteiger partial charge in [0.15, 0.2) is 6.61 Å². The number of ether oxygens (including phenoxy) is 1. The van der Waals surface area contributed by atoms with Crippen molar-refractivity contribution in [3.05, 3.63) is 54.6 Å². The van der Waals surface area contributed by atoms with Crippen LogP contribution in [0.2, 0.25) is 0 Å². The second-order valence-electron chi connectivity index (χ2n) is 7.07. The van der Waals surface area contributed by atoms with E-state index in [9.17, 15) is 19.2 Å². The summed E-state index contributed by atoms with van der Waals surface area (Å²) in [5, 5.41) is 5.18. The molecule has 1 saturated heterocycles. The van der Waals surface area contributed by atoms with Crippen LogP contribution in [0.5, 0.6) is 0 Å². The van der Waals surface area contributed by atoms with Crippen molar-refractivity contribution in [2.75, 3.05) is 18.5 Å². The minimum absolute atomic E-state index is 0.526. The van der Waals surface area contributed by atoms with Crippen molar-refractivity contribution < 1.29 is 23.9 Å². The number of urea groups is 1. The maximum Gasteiger partial charge on any atom is 0.326 e. The first kappa shape index (κ1) is 21.4. The fraction of sp³-hybridized carbons (Fsp3) is 0.238. The Morgan fingerprint density at radius 2 is 1.73 bits per heavy atom. The molecule has 0 aliphatic carbocycles. The Labute approximate surface area is 178 Å². The second-order valence-corrected chi connectivity index (χ2v) is 8.18. The molecule has 0 spiro atoms. The van der Waals surface area contributed by atoms with Crippen LogP contribution in [-0.4, -0.2) is 47.4 Å². The molecule has 0 atom stereocenters. The van der Waals surface area contributed by atoms with Gasteiger partial charge in [0.05, 0.1) is 5.69 Å². The lowest BCUT2D eigenvalue weighted by Gasteiger charge is -2.15. The zero-order valence-electron chi connectivity index (χ0n) is 16.5. The van der Waals surface area contributed by atoms with Gasteiger partial charge in [-0.15, -0.1) is 0 Å². The van der Waals surface area contributed by atoms with Gasteiger partial charge in [-0.25, -0.2) is 4.79 Å². The first-order valence-electron chi connectivity index (χ1n) is 9.18. The number of esters is 1. The van der Waals surface area contributed by atoms with Crippen LogP contribution in [0.1, 0.15) is 13.8 Å². The van der Waals surface area contributed by atoms with E-state index in [1.807, 2.05) is 42.5 Å². The summed E-state index contributed by atoms with van der Waals surface area (Å²) in [5.41, 5.74) is -0.488. The summed E-state index contributed by atoms with van der Waals surface area (Å²) in [6, 6.07) is 16.3. The lowest BCUT2D eigenvalue weighted by atomic mass is 10.1. The van der Waals surface area contributed by atoms with Crippen molar-refractivity contribution in [2.45, 2.75) is 29.2 Å². The summed E-state index contributed by atoms with van der Waals surface area (Å²) in [5.74, 6) is -1.90. The second kappa shape index (κ2) is 9.00. The maximum atomic E-state index is 12.2. The average molecular weight is 427 g/mol. The monoisotopic (exact) mass is 427 g/mol. The number of hydrogen-bond acceptors (Lipinski definition) is 6. The van der Waals surface area contributed by atoms with E-state index in [2.05, 4.69) is 10.6 Å². The summed E-state index contributed by atoms with van der Waals surface area (Å²) in [6.07, 6.45) is 0. The standard InChI is InChI=1S/C21H21N3O5S/c1-21(2)19(27)24(20(28)23-21)12-18(26)29-13-17(25)22-15-10-6-7-11-16(15)30-14-8-4-3-5-9-14/h3-11H,12-13H2,1-2H3,(H,22,25)(H,23,28). The topological polar surface area (TPSA) is 105 Å². The lowest BCUT2D eigenvalue weighted by Crippen LogP contribution is -2.41. The number of hydrogen-bond donors (Lipinski definition) is 2. The zero-order chi connectivity index (χ0) is 21.7. The number of benzene rings is 2. The van der Waals surface area contributed by atoms with Gasteiger partial charge in [-0.1, -0.05) is 42.1 Å². The van der Waals surface area contributed by atoms with Crippen molar-refractivity contribution in [3.63, 3.8) is 0 Å². The number of nitrogens with one attached hydrogen (secondary N) is 2.